The summed E-state index contributed by atoms with van der Waals surface area (Å²) < 4.78 is 5.27. The number of anilines is 1. The number of ether oxygens (including phenoxy) is 1. The van der Waals surface area contributed by atoms with E-state index in [0.717, 1.165) is 60.4 Å². The molecule has 1 unspecified atom stereocenters. The molecule has 29 heavy (non-hydrogen) atoms. The molecule has 1 aliphatic heterocycles. The van der Waals surface area contributed by atoms with E-state index in [9.17, 15) is 0 Å². The van der Waals surface area contributed by atoms with Crippen LogP contribution in [-0.4, -0.2) is 58.4 Å². The lowest BCUT2D eigenvalue weighted by Gasteiger charge is -2.39. The number of nitrogens with zero attached hydrogens (tertiary/aromatic N) is 5. The Hall–Kier alpha value is -2.93. The molecular formula is C22H28N6O. The minimum Gasteiger partial charge on any atom is -0.497 e. The van der Waals surface area contributed by atoms with Crippen molar-refractivity contribution in [1.29, 1.82) is 0 Å². The highest BCUT2D eigenvalue weighted by molar-refractivity contribution is 5.72. The molecule has 3 aromatic rings. The first-order chi connectivity index (χ1) is 14.1. The van der Waals surface area contributed by atoms with Crippen molar-refractivity contribution >= 4 is 5.82 Å². The van der Waals surface area contributed by atoms with Gasteiger partial charge in [-0.15, -0.1) is 0 Å². The quantitative estimate of drug-likeness (QED) is 0.718. The van der Waals surface area contributed by atoms with Gasteiger partial charge < -0.3 is 9.64 Å². The number of rotatable bonds is 5. The zero-order valence-corrected chi connectivity index (χ0v) is 17.5. The molecule has 0 radical (unpaired) electrons. The molecule has 0 spiro atoms. The maximum atomic E-state index is 5.27. The molecule has 1 saturated heterocycles. The molecular weight excluding hydrogens is 364 g/mol. The third kappa shape index (κ3) is 3.82. The highest BCUT2D eigenvalue weighted by Crippen LogP contribution is 2.31. The van der Waals surface area contributed by atoms with Crippen LogP contribution in [-0.2, 0) is 0 Å². The Labute approximate surface area is 171 Å². The lowest BCUT2D eigenvalue weighted by Crippen LogP contribution is -2.47. The zero-order chi connectivity index (χ0) is 20.4. The summed E-state index contributed by atoms with van der Waals surface area (Å²) in [5, 5.41) is 7.47. The summed E-state index contributed by atoms with van der Waals surface area (Å²) >= 11 is 0. The van der Waals surface area contributed by atoms with Gasteiger partial charge in [-0.05, 0) is 45.0 Å². The van der Waals surface area contributed by atoms with Gasteiger partial charge in [-0.3, -0.25) is 15.0 Å². The average Bonchev–Trinajstić information content (AvgIpc) is 3.11. The Balaban J connectivity index is 1.50. The van der Waals surface area contributed by atoms with Crippen LogP contribution in [0.1, 0.15) is 29.9 Å². The number of hydrogen-bond donors (Lipinski definition) is 1. The lowest BCUT2D eigenvalue weighted by molar-refractivity contribution is 0.197. The van der Waals surface area contributed by atoms with Gasteiger partial charge in [0.25, 0.3) is 0 Å². The maximum Gasteiger partial charge on any atom is 0.155 e. The summed E-state index contributed by atoms with van der Waals surface area (Å²) in [5.74, 6) is 1.78. The van der Waals surface area contributed by atoms with E-state index in [1.54, 1.807) is 19.5 Å². The van der Waals surface area contributed by atoms with Gasteiger partial charge in [-0.25, -0.2) is 4.98 Å². The minimum absolute atomic E-state index is 0.346. The molecule has 1 atom stereocenters. The van der Waals surface area contributed by atoms with Crippen molar-refractivity contribution < 1.29 is 4.74 Å². The van der Waals surface area contributed by atoms with Gasteiger partial charge in [-0.1, -0.05) is 0 Å². The molecule has 1 fully saturated rings. The van der Waals surface area contributed by atoms with Gasteiger partial charge in [0.1, 0.15) is 11.4 Å². The largest absolute Gasteiger partial charge is 0.497 e. The molecule has 3 heterocycles. The van der Waals surface area contributed by atoms with Gasteiger partial charge in [0.05, 0.1) is 12.8 Å². The summed E-state index contributed by atoms with van der Waals surface area (Å²) in [6.45, 7) is 10.2. The van der Waals surface area contributed by atoms with Gasteiger partial charge in [0.15, 0.2) is 5.82 Å². The van der Waals surface area contributed by atoms with Crippen molar-refractivity contribution in [2.75, 3.05) is 38.2 Å². The van der Waals surface area contributed by atoms with Gasteiger partial charge in [0.2, 0.25) is 0 Å². The van der Waals surface area contributed by atoms with Gasteiger partial charge in [-0.2, -0.15) is 5.10 Å². The van der Waals surface area contributed by atoms with Crippen LogP contribution in [0.4, 0.5) is 5.82 Å². The average molecular weight is 393 g/mol. The number of aromatic nitrogens is 4. The number of H-pyrrole nitrogens is 1. The van der Waals surface area contributed by atoms with Crippen molar-refractivity contribution in [2.45, 2.75) is 26.8 Å². The van der Waals surface area contributed by atoms with E-state index >= 15 is 0 Å². The van der Waals surface area contributed by atoms with Crippen LogP contribution in [0.3, 0.4) is 0 Å². The highest BCUT2D eigenvalue weighted by atomic mass is 16.5. The predicted octanol–water partition coefficient (Wildman–Crippen LogP) is 3.38. The summed E-state index contributed by atoms with van der Waals surface area (Å²) in [6.07, 6.45) is 3.53. The molecule has 7 heteroatoms. The fourth-order valence-corrected chi connectivity index (χ4v) is 4.19. The Bertz CT molecular complexity index is 940. The van der Waals surface area contributed by atoms with Gasteiger partial charge in [0, 0.05) is 61.4 Å². The first kappa shape index (κ1) is 19.4. The fourth-order valence-electron chi connectivity index (χ4n) is 4.19. The third-order valence-corrected chi connectivity index (χ3v) is 5.81. The predicted molar refractivity (Wildman–Crippen MR) is 114 cm³/mol. The van der Waals surface area contributed by atoms with Crippen molar-refractivity contribution in [3.63, 3.8) is 0 Å². The van der Waals surface area contributed by atoms with Crippen LogP contribution in [0.15, 0.2) is 36.7 Å². The van der Waals surface area contributed by atoms with Crippen LogP contribution in [0.5, 0.6) is 5.75 Å². The van der Waals surface area contributed by atoms with Crippen molar-refractivity contribution in [1.82, 2.24) is 25.1 Å². The molecule has 7 nitrogen and oxygen atoms in total. The van der Waals surface area contributed by atoms with Crippen LogP contribution >= 0.6 is 0 Å². The number of hydrogen-bond acceptors (Lipinski definition) is 6. The van der Waals surface area contributed by atoms with E-state index in [2.05, 4.69) is 50.7 Å². The third-order valence-electron chi connectivity index (χ3n) is 5.81. The number of nitrogens with one attached hydrogen (secondary N) is 1. The monoisotopic (exact) mass is 392 g/mol. The molecule has 1 N–H and O–H groups in total. The van der Waals surface area contributed by atoms with E-state index in [-0.39, 0.29) is 0 Å². The van der Waals surface area contributed by atoms with E-state index in [0.29, 0.717) is 6.04 Å². The van der Waals surface area contributed by atoms with E-state index in [1.165, 1.54) is 5.56 Å². The molecule has 0 aliphatic carbocycles. The number of piperazine rings is 1. The number of aromatic amines is 1. The molecule has 2 aromatic heterocycles. The van der Waals surface area contributed by atoms with E-state index in [1.807, 2.05) is 24.3 Å². The molecule has 0 bridgehead atoms. The second kappa shape index (κ2) is 8.21. The smallest absolute Gasteiger partial charge is 0.155 e. The molecule has 1 aromatic carbocycles. The Kier molecular flexibility index (Phi) is 5.49. The van der Waals surface area contributed by atoms with Crippen LogP contribution in [0.2, 0.25) is 0 Å². The van der Waals surface area contributed by atoms with Gasteiger partial charge >= 0.3 is 0 Å². The lowest BCUT2D eigenvalue weighted by atomic mass is 10.0. The Morgan fingerprint density at radius 2 is 1.69 bits per heavy atom. The molecule has 152 valence electrons. The van der Waals surface area contributed by atoms with Crippen LogP contribution in [0.25, 0.3) is 11.3 Å². The summed E-state index contributed by atoms with van der Waals surface area (Å²) in [5.41, 5.74) is 5.53. The topological polar surface area (TPSA) is 70.2 Å². The second-order valence-electron chi connectivity index (χ2n) is 7.50. The first-order valence-corrected chi connectivity index (χ1v) is 10.0. The fraction of sp³-hybridized carbons (Fsp3) is 0.409. The number of aryl methyl sites for hydroxylation is 2. The standard InChI is InChI=1S/C22H28N6O/c1-15-20(16(2)26-25-15)17(3)27-11-13-28(14-12-27)22-21(23-9-10-24-22)18-5-7-19(29-4)8-6-18/h5-10,17H,11-14H2,1-4H3,(H,25,26). The van der Waals surface area contributed by atoms with E-state index in [4.69, 9.17) is 4.74 Å². The zero-order valence-electron chi connectivity index (χ0n) is 17.5. The first-order valence-electron chi connectivity index (χ1n) is 10.0. The van der Waals surface area contributed by atoms with Crippen molar-refractivity contribution in [3.8, 4) is 17.0 Å². The summed E-state index contributed by atoms with van der Waals surface area (Å²) in [7, 11) is 1.68. The number of methoxy groups -OCH3 is 1. The normalized spacial score (nSPS) is 16.1. The summed E-state index contributed by atoms with van der Waals surface area (Å²) in [4.78, 5) is 14.2. The Morgan fingerprint density at radius 3 is 2.31 bits per heavy atom. The van der Waals surface area contributed by atoms with Crippen LogP contribution < -0.4 is 9.64 Å². The molecule has 0 amide bonds. The molecule has 4 rings (SSSR count). The van der Waals surface area contributed by atoms with E-state index < -0.39 is 0 Å². The SMILES string of the molecule is COc1ccc(-c2nccnc2N2CCN(C(C)c3c(C)n[nH]c3C)CC2)cc1. The highest BCUT2D eigenvalue weighted by Gasteiger charge is 2.27. The maximum absolute atomic E-state index is 5.27. The van der Waals surface area contributed by atoms with Crippen molar-refractivity contribution in [3.05, 3.63) is 53.6 Å². The minimum atomic E-state index is 0.346. The second-order valence-corrected chi connectivity index (χ2v) is 7.50. The van der Waals surface area contributed by atoms with Crippen molar-refractivity contribution in [2.24, 2.45) is 0 Å². The molecule has 1 aliphatic rings. The molecule has 0 saturated carbocycles. The van der Waals surface area contributed by atoms with Crippen LogP contribution in [0, 0.1) is 13.8 Å². The Morgan fingerprint density at radius 1 is 1.00 bits per heavy atom. The number of benzene rings is 1. The summed E-state index contributed by atoms with van der Waals surface area (Å²) in [6, 6.07) is 8.34.